The van der Waals surface area contributed by atoms with Gasteiger partial charge in [-0.2, -0.15) is 0 Å². The first-order valence-electron chi connectivity index (χ1n) is 9.40. The van der Waals surface area contributed by atoms with Crippen LogP contribution in [0, 0.1) is 23.7 Å². The third kappa shape index (κ3) is 2.42. The van der Waals surface area contributed by atoms with Crippen molar-refractivity contribution in [2.75, 3.05) is 6.54 Å². The number of hydrogen-bond donors (Lipinski definition) is 1. The Bertz CT molecular complexity index is 486. The molecule has 6 atom stereocenters. The summed E-state index contributed by atoms with van der Waals surface area (Å²) >= 11 is 0. The van der Waals surface area contributed by atoms with E-state index in [1.807, 2.05) is 0 Å². The van der Waals surface area contributed by atoms with Crippen LogP contribution in [-0.4, -0.2) is 40.0 Å². The number of hydrogen-bond acceptors (Lipinski definition) is 3. The van der Waals surface area contributed by atoms with Crippen LogP contribution in [-0.2, 0) is 4.74 Å². The summed E-state index contributed by atoms with van der Waals surface area (Å²) < 4.78 is 6.61. The van der Waals surface area contributed by atoms with Gasteiger partial charge in [0.2, 0.25) is 0 Å². The molecule has 23 heavy (non-hydrogen) atoms. The molecule has 0 amide bonds. The SMILES string of the molecule is C=C(C)[C@@H]1CN2[C@H](O[C@@H]3C[C@H](C)CC[C@@H]3C2(C)C)[C@@]1(O)C(C)C. The normalized spacial score (nSPS) is 46.5. The van der Waals surface area contributed by atoms with Gasteiger partial charge in [0.05, 0.1) is 6.10 Å². The van der Waals surface area contributed by atoms with E-state index in [-0.39, 0.29) is 29.7 Å². The van der Waals surface area contributed by atoms with Gasteiger partial charge in [-0.3, -0.25) is 4.90 Å². The third-order valence-corrected chi connectivity index (χ3v) is 7.14. The first-order valence-corrected chi connectivity index (χ1v) is 9.40. The second kappa shape index (κ2) is 5.57. The maximum Gasteiger partial charge on any atom is 0.141 e. The summed E-state index contributed by atoms with van der Waals surface area (Å²) in [6.07, 6.45) is 3.74. The van der Waals surface area contributed by atoms with Crippen molar-refractivity contribution in [3.05, 3.63) is 12.2 Å². The van der Waals surface area contributed by atoms with E-state index in [2.05, 4.69) is 53.0 Å². The molecule has 1 aliphatic carbocycles. The number of fused-ring (bicyclic) bond motifs is 2. The van der Waals surface area contributed by atoms with Crippen molar-refractivity contribution in [3.8, 4) is 0 Å². The summed E-state index contributed by atoms with van der Waals surface area (Å²) in [4.78, 5) is 2.45. The smallest absolute Gasteiger partial charge is 0.141 e. The zero-order chi connectivity index (χ0) is 17.2. The van der Waals surface area contributed by atoms with E-state index in [9.17, 15) is 5.11 Å². The van der Waals surface area contributed by atoms with Gasteiger partial charge in [-0.15, -0.1) is 0 Å². The molecular weight excluding hydrogens is 286 g/mol. The van der Waals surface area contributed by atoms with Crippen LogP contribution in [0.15, 0.2) is 12.2 Å². The lowest BCUT2D eigenvalue weighted by Gasteiger charge is -2.57. The molecule has 2 heterocycles. The zero-order valence-electron chi connectivity index (χ0n) is 15.8. The molecule has 2 aliphatic heterocycles. The highest BCUT2D eigenvalue weighted by Gasteiger charge is 2.64. The number of ether oxygens (including phenoxy) is 1. The van der Waals surface area contributed by atoms with Crippen molar-refractivity contribution in [1.82, 2.24) is 4.90 Å². The fourth-order valence-corrected chi connectivity index (χ4v) is 5.48. The van der Waals surface area contributed by atoms with Gasteiger partial charge in [-0.25, -0.2) is 0 Å². The predicted molar refractivity (Wildman–Crippen MR) is 94.0 cm³/mol. The Morgan fingerprint density at radius 3 is 2.52 bits per heavy atom. The Hall–Kier alpha value is -0.380. The minimum Gasteiger partial charge on any atom is -0.385 e. The Balaban J connectivity index is 2.00. The molecule has 1 saturated carbocycles. The molecule has 0 unspecified atom stereocenters. The van der Waals surface area contributed by atoms with Gasteiger partial charge in [0.1, 0.15) is 11.8 Å². The van der Waals surface area contributed by atoms with Gasteiger partial charge >= 0.3 is 0 Å². The van der Waals surface area contributed by atoms with Crippen molar-refractivity contribution in [2.45, 2.75) is 84.3 Å². The van der Waals surface area contributed by atoms with Crippen LogP contribution in [0.4, 0.5) is 0 Å². The lowest BCUT2D eigenvalue weighted by atomic mass is 9.69. The molecule has 1 N–H and O–H groups in total. The molecule has 0 aromatic rings. The summed E-state index contributed by atoms with van der Waals surface area (Å²) in [5.41, 5.74) is 0.307. The Labute approximate surface area is 142 Å². The maximum absolute atomic E-state index is 11.7. The maximum atomic E-state index is 11.7. The molecular formula is C20H35NO2. The second-order valence-corrected chi connectivity index (χ2v) is 9.30. The minimum atomic E-state index is -0.839. The van der Waals surface area contributed by atoms with Gasteiger partial charge in [-0.1, -0.05) is 39.3 Å². The van der Waals surface area contributed by atoms with Crippen LogP contribution < -0.4 is 0 Å². The van der Waals surface area contributed by atoms with Crippen LogP contribution in [0.25, 0.3) is 0 Å². The van der Waals surface area contributed by atoms with Crippen LogP contribution >= 0.6 is 0 Å². The minimum absolute atomic E-state index is 0.0702. The van der Waals surface area contributed by atoms with Gasteiger partial charge in [0.15, 0.2) is 0 Å². The molecule has 3 nitrogen and oxygen atoms in total. The first kappa shape index (κ1) is 17.4. The predicted octanol–water partition coefficient (Wildman–Crippen LogP) is 3.82. The Kier molecular flexibility index (Phi) is 4.23. The lowest BCUT2D eigenvalue weighted by Crippen LogP contribution is -2.66. The lowest BCUT2D eigenvalue weighted by molar-refractivity contribution is -0.268. The van der Waals surface area contributed by atoms with Crippen molar-refractivity contribution >= 4 is 0 Å². The standard InChI is InChI=1S/C20H35NO2/c1-12(2)16-11-21-18(20(16,22)13(3)4)23-17-10-14(5)8-9-15(17)19(21,6)7/h13-18,22H,1,8-11H2,2-7H3/t14-,15+,16+,17-,18-,20-/m1/s1. The third-order valence-electron chi connectivity index (χ3n) is 7.14. The van der Waals surface area contributed by atoms with Gasteiger partial charge in [-0.05, 0) is 45.4 Å². The summed E-state index contributed by atoms with van der Waals surface area (Å²) in [6, 6.07) is 0. The van der Waals surface area contributed by atoms with E-state index in [1.165, 1.54) is 12.8 Å². The molecule has 0 aromatic carbocycles. The van der Waals surface area contributed by atoms with E-state index in [0.717, 1.165) is 24.5 Å². The highest BCUT2D eigenvalue weighted by molar-refractivity contribution is 5.19. The Morgan fingerprint density at radius 1 is 1.30 bits per heavy atom. The molecule has 3 rings (SSSR count). The zero-order valence-corrected chi connectivity index (χ0v) is 15.8. The largest absolute Gasteiger partial charge is 0.385 e. The molecule has 2 saturated heterocycles. The van der Waals surface area contributed by atoms with Crippen LogP contribution in [0.2, 0.25) is 0 Å². The van der Waals surface area contributed by atoms with Crippen molar-refractivity contribution in [1.29, 1.82) is 0 Å². The Morgan fingerprint density at radius 2 is 1.96 bits per heavy atom. The monoisotopic (exact) mass is 321 g/mol. The molecule has 132 valence electrons. The summed E-state index contributed by atoms with van der Waals surface area (Å²) in [6.45, 7) is 18.4. The van der Waals surface area contributed by atoms with E-state index >= 15 is 0 Å². The van der Waals surface area contributed by atoms with Gasteiger partial charge < -0.3 is 9.84 Å². The average molecular weight is 322 g/mol. The molecule has 0 radical (unpaired) electrons. The highest BCUT2D eigenvalue weighted by atomic mass is 16.5. The van der Waals surface area contributed by atoms with Crippen LogP contribution in [0.3, 0.4) is 0 Å². The fraction of sp³-hybridized carbons (Fsp3) is 0.900. The molecule has 0 bridgehead atoms. The topological polar surface area (TPSA) is 32.7 Å². The number of nitrogens with zero attached hydrogens (tertiary/aromatic N) is 1. The van der Waals surface area contributed by atoms with Crippen molar-refractivity contribution < 1.29 is 9.84 Å². The summed E-state index contributed by atoms with van der Waals surface area (Å²) in [5.74, 6) is 1.52. The number of aliphatic hydroxyl groups is 1. The summed E-state index contributed by atoms with van der Waals surface area (Å²) in [5, 5.41) is 11.7. The van der Waals surface area contributed by atoms with Crippen molar-refractivity contribution in [2.24, 2.45) is 23.7 Å². The first-order chi connectivity index (χ1) is 10.6. The molecule has 3 aliphatic rings. The van der Waals surface area contributed by atoms with Gasteiger partial charge in [0, 0.05) is 23.9 Å². The highest BCUT2D eigenvalue weighted by Crippen LogP contribution is 2.53. The summed E-state index contributed by atoms with van der Waals surface area (Å²) in [7, 11) is 0. The molecule has 3 heteroatoms. The van der Waals surface area contributed by atoms with E-state index in [0.29, 0.717) is 5.92 Å². The molecule has 3 fully saturated rings. The van der Waals surface area contributed by atoms with Crippen LogP contribution in [0.5, 0.6) is 0 Å². The van der Waals surface area contributed by atoms with E-state index in [4.69, 9.17) is 4.74 Å². The van der Waals surface area contributed by atoms with E-state index < -0.39 is 5.60 Å². The molecule has 0 aromatic heterocycles. The average Bonchev–Trinajstić information content (AvgIpc) is 2.74. The van der Waals surface area contributed by atoms with Crippen molar-refractivity contribution in [3.63, 3.8) is 0 Å². The van der Waals surface area contributed by atoms with E-state index in [1.54, 1.807) is 0 Å². The van der Waals surface area contributed by atoms with Gasteiger partial charge in [0.25, 0.3) is 0 Å². The number of rotatable bonds is 2. The molecule has 0 spiro atoms. The van der Waals surface area contributed by atoms with Crippen LogP contribution in [0.1, 0.15) is 60.8 Å². The quantitative estimate of drug-likeness (QED) is 0.785. The second-order valence-electron chi connectivity index (χ2n) is 9.30. The fourth-order valence-electron chi connectivity index (χ4n) is 5.48.